The number of carbonyl (C=O) groups excluding carboxylic acids is 1. The van der Waals surface area contributed by atoms with E-state index in [1.165, 1.54) is 0 Å². The van der Waals surface area contributed by atoms with E-state index in [9.17, 15) is 4.79 Å². The average molecular weight is 235 g/mol. The van der Waals surface area contributed by atoms with E-state index in [0.717, 1.165) is 19.4 Å². The molecule has 4 nitrogen and oxygen atoms in total. The second-order valence-corrected chi connectivity index (χ2v) is 4.13. The van der Waals surface area contributed by atoms with Crippen LogP contribution in [0.4, 0.5) is 4.79 Å². The number of hydrogen-bond donors (Lipinski definition) is 0. The zero-order valence-electron chi connectivity index (χ0n) is 9.96. The number of nitrogens with zero attached hydrogens (tertiary/aromatic N) is 1. The summed E-state index contributed by atoms with van der Waals surface area (Å²) in [5, 5.41) is 0. The number of benzene rings is 1. The standard InChI is InChI=1S/C13H17NO3/c1-16-10-11-6-5-9-14(11)13(15)17-12-7-3-2-4-8-12/h2-4,7-8,11H,5-6,9-10H2,1H3. The van der Waals surface area contributed by atoms with Crippen LogP contribution in [-0.4, -0.2) is 37.3 Å². The highest BCUT2D eigenvalue weighted by molar-refractivity contribution is 5.71. The molecular weight excluding hydrogens is 218 g/mol. The number of hydrogen-bond acceptors (Lipinski definition) is 3. The zero-order valence-corrected chi connectivity index (χ0v) is 9.96. The number of para-hydroxylation sites is 1. The third kappa shape index (κ3) is 2.97. The van der Waals surface area contributed by atoms with Crippen LogP contribution < -0.4 is 4.74 Å². The van der Waals surface area contributed by atoms with Crippen LogP contribution in [0.25, 0.3) is 0 Å². The van der Waals surface area contributed by atoms with Crippen molar-refractivity contribution in [1.29, 1.82) is 0 Å². The van der Waals surface area contributed by atoms with Crippen LogP contribution >= 0.6 is 0 Å². The molecule has 0 aromatic heterocycles. The lowest BCUT2D eigenvalue weighted by Crippen LogP contribution is -2.39. The number of rotatable bonds is 3. The molecule has 0 N–H and O–H groups in total. The second-order valence-electron chi connectivity index (χ2n) is 4.13. The monoisotopic (exact) mass is 235 g/mol. The van der Waals surface area contributed by atoms with Gasteiger partial charge < -0.3 is 14.4 Å². The first kappa shape index (κ1) is 11.9. The van der Waals surface area contributed by atoms with Crippen LogP contribution in [0.2, 0.25) is 0 Å². The van der Waals surface area contributed by atoms with E-state index in [1.54, 1.807) is 24.1 Å². The van der Waals surface area contributed by atoms with Gasteiger partial charge in [0.05, 0.1) is 12.6 Å². The van der Waals surface area contributed by atoms with Crippen molar-refractivity contribution in [3.05, 3.63) is 30.3 Å². The molecule has 0 aliphatic carbocycles. The van der Waals surface area contributed by atoms with Gasteiger partial charge in [-0.05, 0) is 25.0 Å². The van der Waals surface area contributed by atoms with Gasteiger partial charge in [-0.3, -0.25) is 0 Å². The average Bonchev–Trinajstić information content (AvgIpc) is 2.79. The second kappa shape index (κ2) is 5.68. The van der Waals surface area contributed by atoms with Gasteiger partial charge in [-0.15, -0.1) is 0 Å². The Morgan fingerprint density at radius 1 is 1.41 bits per heavy atom. The maximum absolute atomic E-state index is 11.9. The molecule has 1 saturated heterocycles. The summed E-state index contributed by atoms with van der Waals surface area (Å²) in [6.07, 6.45) is 1.71. The largest absolute Gasteiger partial charge is 0.415 e. The highest BCUT2D eigenvalue weighted by Gasteiger charge is 2.29. The lowest BCUT2D eigenvalue weighted by molar-refractivity contribution is 0.103. The SMILES string of the molecule is COCC1CCCN1C(=O)Oc1ccccc1. The number of amides is 1. The third-order valence-corrected chi connectivity index (χ3v) is 2.92. The molecule has 92 valence electrons. The number of methoxy groups -OCH3 is 1. The van der Waals surface area contributed by atoms with Gasteiger partial charge in [0, 0.05) is 13.7 Å². The van der Waals surface area contributed by atoms with Gasteiger partial charge >= 0.3 is 6.09 Å². The fourth-order valence-corrected chi connectivity index (χ4v) is 2.09. The van der Waals surface area contributed by atoms with E-state index >= 15 is 0 Å². The van der Waals surface area contributed by atoms with Gasteiger partial charge in [-0.1, -0.05) is 18.2 Å². The van der Waals surface area contributed by atoms with E-state index in [-0.39, 0.29) is 12.1 Å². The first-order valence-corrected chi connectivity index (χ1v) is 5.83. The Morgan fingerprint density at radius 2 is 2.18 bits per heavy atom. The van der Waals surface area contributed by atoms with Crippen LogP contribution in [0.3, 0.4) is 0 Å². The molecule has 1 aromatic carbocycles. The molecule has 0 bridgehead atoms. The molecule has 1 aliphatic heterocycles. The minimum Gasteiger partial charge on any atom is -0.410 e. The van der Waals surface area contributed by atoms with Gasteiger partial charge in [0.2, 0.25) is 0 Å². The molecule has 1 atom stereocenters. The Morgan fingerprint density at radius 3 is 2.88 bits per heavy atom. The summed E-state index contributed by atoms with van der Waals surface area (Å²) < 4.78 is 10.4. The predicted octanol–water partition coefficient (Wildman–Crippen LogP) is 2.30. The van der Waals surface area contributed by atoms with E-state index < -0.39 is 0 Å². The van der Waals surface area contributed by atoms with Crippen molar-refractivity contribution in [3.63, 3.8) is 0 Å². The van der Waals surface area contributed by atoms with Gasteiger partial charge in [0.1, 0.15) is 5.75 Å². The lowest BCUT2D eigenvalue weighted by atomic mass is 10.2. The van der Waals surface area contributed by atoms with Gasteiger partial charge in [0.15, 0.2) is 0 Å². The molecular formula is C13H17NO3. The van der Waals surface area contributed by atoms with Crippen LogP contribution in [0.1, 0.15) is 12.8 Å². The highest BCUT2D eigenvalue weighted by Crippen LogP contribution is 2.19. The van der Waals surface area contributed by atoms with Crippen molar-refractivity contribution >= 4 is 6.09 Å². The summed E-state index contributed by atoms with van der Waals surface area (Å²) in [5.41, 5.74) is 0. The Balaban J connectivity index is 1.95. The Hall–Kier alpha value is -1.55. The zero-order chi connectivity index (χ0) is 12.1. The molecule has 0 spiro atoms. The van der Waals surface area contributed by atoms with Gasteiger partial charge in [-0.25, -0.2) is 4.79 Å². The fraction of sp³-hybridized carbons (Fsp3) is 0.462. The molecule has 0 saturated carbocycles. The van der Waals surface area contributed by atoms with E-state index in [2.05, 4.69) is 0 Å². The van der Waals surface area contributed by atoms with Crippen LogP contribution in [0.5, 0.6) is 5.75 Å². The maximum atomic E-state index is 11.9. The summed E-state index contributed by atoms with van der Waals surface area (Å²) in [7, 11) is 1.65. The smallest absolute Gasteiger partial charge is 0.410 e. The Kier molecular flexibility index (Phi) is 3.98. The van der Waals surface area contributed by atoms with Crippen molar-refractivity contribution in [2.45, 2.75) is 18.9 Å². The van der Waals surface area contributed by atoms with Gasteiger partial charge in [-0.2, -0.15) is 0 Å². The molecule has 1 aliphatic rings. The van der Waals surface area contributed by atoms with Gasteiger partial charge in [0.25, 0.3) is 0 Å². The Labute approximate surface area is 101 Å². The van der Waals surface area contributed by atoms with E-state index in [0.29, 0.717) is 12.4 Å². The van der Waals surface area contributed by atoms with Crippen molar-refractivity contribution in [3.8, 4) is 5.75 Å². The summed E-state index contributed by atoms with van der Waals surface area (Å²) in [4.78, 5) is 13.7. The molecule has 2 rings (SSSR count). The first-order valence-electron chi connectivity index (χ1n) is 5.83. The molecule has 17 heavy (non-hydrogen) atoms. The molecule has 1 unspecified atom stereocenters. The summed E-state index contributed by atoms with van der Waals surface area (Å²) in [5.74, 6) is 0.584. The number of carbonyl (C=O) groups is 1. The summed E-state index contributed by atoms with van der Waals surface area (Å²) in [6, 6.07) is 9.29. The van der Waals surface area contributed by atoms with Crippen LogP contribution in [-0.2, 0) is 4.74 Å². The molecule has 0 radical (unpaired) electrons. The summed E-state index contributed by atoms with van der Waals surface area (Å²) in [6.45, 7) is 1.32. The normalized spacial score (nSPS) is 19.4. The van der Waals surface area contributed by atoms with Crippen LogP contribution in [0.15, 0.2) is 30.3 Å². The van der Waals surface area contributed by atoms with Crippen molar-refractivity contribution in [2.75, 3.05) is 20.3 Å². The minimum absolute atomic E-state index is 0.149. The highest BCUT2D eigenvalue weighted by atomic mass is 16.6. The number of ether oxygens (including phenoxy) is 2. The molecule has 1 aromatic rings. The minimum atomic E-state index is -0.282. The molecule has 1 amide bonds. The maximum Gasteiger partial charge on any atom is 0.415 e. The quantitative estimate of drug-likeness (QED) is 0.807. The van der Waals surface area contributed by atoms with Crippen molar-refractivity contribution < 1.29 is 14.3 Å². The first-order chi connectivity index (χ1) is 8.31. The van der Waals surface area contributed by atoms with Crippen molar-refractivity contribution in [1.82, 2.24) is 4.90 Å². The van der Waals surface area contributed by atoms with Crippen molar-refractivity contribution in [2.24, 2.45) is 0 Å². The predicted molar refractivity (Wildman–Crippen MR) is 64.1 cm³/mol. The fourth-order valence-electron chi connectivity index (χ4n) is 2.09. The lowest BCUT2D eigenvalue weighted by Gasteiger charge is -2.23. The number of likely N-dealkylation sites (tertiary alicyclic amines) is 1. The van der Waals surface area contributed by atoms with E-state index in [1.807, 2.05) is 18.2 Å². The third-order valence-electron chi connectivity index (χ3n) is 2.92. The van der Waals surface area contributed by atoms with Crippen LogP contribution in [0, 0.1) is 0 Å². The van der Waals surface area contributed by atoms with E-state index in [4.69, 9.17) is 9.47 Å². The molecule has 1 heterocycles. The topological polar surface area (TPSA) is 38.8 Å². The Bertz CT molecular complexity index is 366. The molecule has 4 heteroatoms. The summed E-state index contributed by atoms with van der Waals surface area (Å²) >= 11 is 0. The molecule has 1 fully saturated rings.